The highest BCUT2D eigenvalue weighted by Crippen LogP contribution is 2.28. The summed E-state index contributed by atoms with van der Waals surface area (Å²) in [7, 11) is -2.14. The second-order valence-corrected chi connectivity index (χ2v) is 8.15. The summed E-state index contributed by atoms with van der Waals surface area (Å²) in [5.74, 6) is 0.246. The molecule has 0 bridgehead atoms. The van der Waals surface area contributed by atoms with Crippen LogP contribution in [0.1, 0.15) is 27.9 Å². The summed E-state index contributed by atoms with van der Waals surface area (Å²) in [4.78, 5) is 15.2. The number of amides is 1. The fourth-order valence-corrected chi connectivity index (χ4v) is 4.65. The molecule has 1 aromatic rings. The molecule has 8 heteroatoms. The first kappa shape index (κ1) is 16.4. The maximum Gasteiger partial charge on any atom is 0.264 e. The Balaban J connectivity index is 2.21. The van der Waals surface area contributed by atoms with Gasteiger partial charge < -0.3 is 9.64 Å². The molecule has 1 amide bonds. The molecule has 0 saturated carbocycles. The number of sulfonamides is 1. The van der Waals surface area contributed by atoms with Crippen LogP contribution in [0.5, 0.6) is 0 Å². The minimum Gasteiger partial charge on any atom is -0.379 e. The van der Waals surface area contributed by atoms with E-state index in [1.54, 1.807) is 18.9 Å². The number of primary sulfonamides is 1. The Morgan fingerprint density at radius 2 is 2.19 bits per heavy atom. The summed E-state index contributed by atoms with van der Waals surface area (Å²) in [6.07, 6.45) is 0.887. The lowest BCUT2D eigenvalue weighted by atomic mass is 9.96. The van der Waals surface area contributed by atoms with Gasteiger partial charge in [-0.05, 0) is 25.3 Å². The quantitative estimate of drug-likeness (QED) is 0.900. The number of ether oxygens (including phenoxy) is 1. The van der Waals surface area contributed by atoms with E-state index in [2.05, 4.69) is 6.92 Å². The van der Waals surface area contributed by atoms with Crippen molar-refractivity contribution in [3.63, 3.8) is 0 Å². The topological polar surface area (TPSA) is 89.7 Å². The number of hydrogen-bond donors (Lipinski definition) is 1. The second-order valence-electron chi connectivity index (χ2n) is 5.37. The van der Waals surface area contributed by atoms with E-state index in [0.29, 0.717) is 28.8 Å². The highest BCUT2D eigenvalue weighted by Gasteiger charge is 2.30. The van der Waals surface area contributed by atoms with E-state index in [1.807, 2.05) is 0 Å². The van der Waals surface area contributed by atoms with E-state index in [4.69, 9.17) is 9.88 Å². The summed E-state index contributed by atoms with van der Waals surface area (Å²) in [5, 5.41) is 5.15. The van der Waals surface area contributed by atoms with Crippen LogP contribution >= 0.6 is 11.3 Å². The molecule has 2 heterocycles. The zero-order valence-corrected chi connectivity index (χ0v) is 14.0. The lowest BCUT2D eigenvalue weighted by Gasteiger charge is -2.36. The van der Waals surface area contributed by atoms with Crippen LogP contribution in [-0.2, 0) is 14.8 Å². The third-order valence-corrected chi connectivity index (χ3v) is 6.07. The molecule has 2 rings (SSSR count). The van der Waals surface area contributed by atoms with Crippen LogP contribution in [0.2, 0.25) is 0 Å². The van der Waals surface area contributed by atoms with Gasteiger partial charge in [0.25, 0.3) is 5.91 Å². The minimum atomic E-state index is -3.79. The van der Waals surface area contributed by atoms with Gasteiger partial charge in [0, 0.05) is 25.1 Å². The van der Waals surface area contributed by atoms with Crippen molar-refractivity contribution in [2.24, 2.45) is 11.1 Å². The number of nitrogens with zero attached hydrogens (tertiary/aromatic N) is 1. The van der Waals surface area contributed by atoms with Crippen molar-refractivity contribution in [2.45, 2.75) is 31.3 Å². The Bertz CT molecular complexity index is 639. The number of rotatable bonds is 3. The van der Waals surface area contributed by atoms with E-state index in [-0.39, 0.29) is 16.9 Å². The predicted octanol–water partition coefficient (Wildman–Crippen LogP) is 1.20. The first-order chi connectivity index (χ1) is 9.74. The number of nitrogens with two attached hydrogens (primary N) is 1. The Morgan fingerprint density at radius 3 is 2.71 bits per heavy atom. The number of hydrogen-bond acceptors (Lipinski definition) is 5. The molecule has 1 aromatic heterocycles. The van der Waals surface area contributed by atoms with Gasteiger partial charge in [-0.25, -0.2) is 13.6 Å². The van der Waals surface area contributed by atoms with Crippen molar-refractivity contribution >= 4 is 27.3 Å². The van der Waals surface area contributed by atoms with E-state index in [9.17, 15) is 13.2 Å². The fourth-order valence-electron chi connectivity index (χ4n) is 2.53. The smallest absolute Gasteiger partial charge is 0.264 e. The number of methoxy groups -OCH3 is 1. The molecule has 0 spiro atoms. The molecule has 118 valence electrons. The van der Waals surface area contributed by atoms with Gasteiger partial charge in [0.15, 0.2) is 0 Å². The molecule has 0 aromatic carbocycles. The number of thiophene rings is 1. The van der Waals surface area contributed by atoms with Crippen LogP contribution in [-0.4, -0.2) is 45.5 Å². The molecule has 1 aliphatic rings. The lowest BCUT2D eigenvalue weighted by Crippen LogP contribution is -2.46. The van der Waals surface area contributed by atoms with Crippen molar-refractivity contribution < 1.29 is 17.9 Å². The highest BCUT2D eigenvalue weighted by molar-refractivity contribution is 7.89. The summed E-state index contributed by atoms with van der Waals surface area (Å²) >= 11 is 1.16. The van der Waals surface area contributed by atoms with Crippen LogP contribution in [0.4, 0.5) is 0 Å². The number of carbonyl (C=O) groups excluding carboxylic acids is 1. The van der Waals surface area contributed by atoms with Crippen LogP contribution in [0.15, 0.2) is 11.0 Å². The summed E-state index contributed by atoms with van der Waals surface area (Å²) < 4.78 is 28.3. The normalized spacial score (nSPS) is 23.3. The summed E-state index contributed by atoms with van der Waals surface area (Å²) in [5.41, 5.74) is 0. The Labute approximate surface area is 128 Å². The largest absolute Gasteiger partial charge is 0.379 e. The van der Waals surface area contributed by atoms with Gasteiger partial charge in [0.2, 0.25) is 10.0 Å². The van der Waals surface area contributed by atoms with Gasteiger partial charge in [-0.1, -0.05) is 6.92 Å². The zero-order valence-electron chi connectivity index (χ0n) is 12.3. The molecular weight excluding hydrogens is 312 g/mol. The average Bonchev–Trinajstić information content (AvgIpc) is 2.80. The minimum absolute atomic E-state index is 0.0153. The number of carbonyl (C=O) groups is 1. The van der Waals surface area contributed by atoms with Gasteiger partial charge in [-0.15, -0.1) is 11.3 Å². The van der Waals surface area contributed by atoms with Gasteiger partial charge in [0.05, 0.1) is 15.9 Å². The molecule has 1 aliphatic heterocycles. The van der Waals surface area contributed by atoms with Crippen molar-refractivity contribution in [1.29, 1.82) is 0 Å². The Hall–Kier alpha value is -0.960. The molecule has 2 unspecified atom stereocenters. The third kappa shape index (κ3) is 3.45. The van der Waals surface area contributed by atoms with Gasteiger partial charge in [-0.3, -0.25) is 4.79 Å². The average molecular weight is 332 g/mol. The van der Waals surface area contributed by atoms with Crippen molar-refractivity contribution in [3.8, 4) is 0 Å². The molecule has 0 radical (unpaired) electrons. The molecule has 0 aliphatic carbocycles. The Kier molecular flexibility index (Phi) is 4.72. The monoisotopic (exact) mass is 332 g/mol. The number of aryl methyl sites for hydroxylation is 1. The van der Waals surface area contributed by atoms with E-state index in [1.165, 1.54) is 6.07 Å². The van der Waals surface area contributed by atoms with Crippen molar-refractivity contribution in [1.82, 2.24) is 4.90 Å². The first-order valence-electron chi connectivity index (χ1n) is 6.69. The van der Waals surface area contributed by atoms with Gasteiger partial charge >= 0.3 is 0 Å². The molecule has 1 fully saturated rings. The van der Waals surface area contributed by atoms with E-state index in [0.717, 1.165) is 17.8 Å². The summed E-state index contributed by atoms with van der Waals surface area (Å²) in [6.45, 7) is 4.93. The predicted molar refractivity (Wildman–Crippen MR) is 80.9 cm³/mol. The second kappa shape index (κ2) is 6.04. The molecule has 2 N–H and O–H groups in total. The number of likely N-dealkylation sites (tertiary alicyclic amines) is 1. The maximum absolute atomic E-state index is 12.5. The van der Waals surface area contributed by atoms with E-state index >= 15 is 0 Å². The highest BCUT2D eigenvalue weighted by atomic mass is 32.2. The molecule has 1 saturated heterocycles. The first-order valence-corrected chi connectivity index (χ1v) is 9.05. The van der Waals surface area contributed by atoms with E-state index < -0.39 is 10.0 Å². The number of piperidine rings is 1. The fraction of sp³-hybridized carbons (Fsp3) is 0.615. The van der Waals surface area contributed by atoms with Crippen LogP contribution in [0.3, 0.4) is 0 Å². The maximum atomic E-state index is 12.5. The molecule has 6 nitrogen and oxygen atoms in total. The standard InChI is InChI=1S/C13H20N2O4S2/c1-8-4-5-15(7-10(8)19-3)13(16)11-6-12(9(2)20-11)21(14,17)18/h6,8,10H,4-5,7H2,1-3H3,(H2,14,17,18). The molecular formula is C13H20N2O4S2. The molecule has 2 atom stereocenters. The lowest BCUT2D eigenvalue weighted by molar-refractivity contribution is -0.00139. The van der Waals surface area contributed by atoms with Crippen LogP contribution in [0, 0.1) is 12.8 Å². The zero-order chi connectivity index (χ0) is 15.8. The van der Waals surface area contributed by atoms with Crippen molar-refractivity contribution in [3.05, 3.63) is 15.8 Å². The summed E-state index contributed by atoms with van der Waals surface area (Å²) in [6, 6.07) is 1.37. The van der Waals surface area contributed by atoms with Gasteiger partial charge in [-0.2, -0.15) is 0 Å². The third-order valence-electron chi connectivity index (χ3n) is 3.87. The molecule has 21 heavy (non-hydrogen) atoms. The SMILES string of the molecule is COC1CN(C(=O)c2cc(S(N)(=O)=O)c(C)s2)CCC1C. The van der Waals surface area contributed by atoms with Crippen molar-refractivity contribution in [2.75, 3.05) is 20.2 Å². The van der Waals surface area contributed by atoms with Crippen LogP contribution < -0.4 is 5.14 Å². The van der Waals surface area contributed by atoms with Crippen LogP contribution in [0.25, 0.3) is 0 Å². The van der Waals surface area contributed by atoms with Gasteiger partial charge in [0.1, 0.15) is 0 Å². The Morgan fingerprint density at radius 1 is 1.52 bits per heavy atom.